The number of aliphatic hydroxyl groups excluding tert-OH is 1. The van der Waals surface area contributed by atoms with Gasteiger partial charge in [-0.15, -0.1) is 0 Å². The largest absolute Gasteiger partial charge is 0.480 e. The maximum Gasteiger partial charge on any atom is 0.328 e. The second kappa shape index (κ2) is 5.59. The van der Waals surface area contributed by atoms with Crippen molar-refractivity contribution in [1.82, 2.24) is 10.2 Å². The Hall–Kier alpha value is -0.950. The van der Waals surface area contributed by atoms with E-state index in [-0.39, 0.29) is 4.75 Å². The summed E-state index contributed by atoms with van der Waals surface area (Å²) in [7, 11) is 0. The van der Waals surface area contributed by atoms with Gasteiger partial charge in [0.15, 0.2) is 6.04 Å². The molecule has 1 aliphatic heterocycles. The molecule has 1 heterocycles. The summed E-state index contributed by atoms with van der Waals surface area (Å²) >= 11 is 1.79. The summed E-state index contributed by atoms with van der Waals surface area (Å²) in [5.74, 6) is -0.399. The lowest BCUT2D eigenvalue weighted by Crippen LogP contribution is -2.54. The first kappa shape index (κ1) is 14.1. The Balaban J connectivity index is 2.55. The van der Waals surface area contributed by atoms with E-state index >= 15 is 0 Å². The number of hydrogen-bond donors (Lipinski definition) is 3. The second-order valence-electron chi connectivity index (χ2n) is 4.55. The van der Waals surface area contributed by atoms with Crippen molar-refractivity contribution < 1.29 is 19.8 Å². The van der Waals surface area contributed by atoms with Crippen molar-refractivity contribution in [2.45, 2.75) is 24.6 Å². The topological polar surface area (TPSA) is 89.9 Å². The van der Waals surface area contributed by atoms with Gasteiger partial charge >= 0.3 is 12.0 Å². The molecule has 0 aromatic heterocycles. The fourth-order valence-electron chi connectivity index (χ4n) is 1.62. The van der Waals surface area contributed by atoms with Gasteiger partial charge in [-0.2, -0.15) is 11.8 Å². The number of urea groups is 1. The van der Waals surface area contributed by atoms with E-state index in [9.17, 15) is 9.59 Å². The molecule has 6 nitrogen and oxygen atoms in total. The zero-order valence-corrected chi connectivity index (χ0v) is 10.8. The average Bonchev–Trinajstić information content (AvgIpc) is 2.23. The van der Waals surface area contributed by atoms with E-state index in [4.69, 9.17) is 10.2 Å². The average molecular weight is 262 g/mol. The fraction of sp³-hybridized carbons (Fsp3) is 0.800. The molecule has 7 heteroatoms. The Kier molecular flexibility index (Phi) is 4.64. The van der Waals surface area contributed by atoms with Gasteiger partial charge in [0, 0.05) is 23.6 Å². The highest BCUT2D eigenvalue weighted by Crippen LogP contribution is 2.29. The van der Waals surface area contributed by atoms with Crippen LogP contribution >= 0.6 is 11.8 Å². The fourth-order valence-corrected chi connectivity index (χ4v) is 2.73. The summed E-state index contributed by atoms with van der Waals surface area (Å²) < 4.78 is -0.0203. The van der Waals surface area contributed by atoms with Crippen molar-refractivity contribution in [2.75, 3.05) is 25.4 Å². The molecule has 1 fully saturated rings. The molecule has 0 spiro atoms. The van der Waals surface area contributed by atoms with Gasteiger partial charge in [0.05, 0.1) is 6.61 Å². The molecule has 3 N–H and O–H groups in total. The number of thioether (sulfide) groups is 1. The Morgan fingerprint density at radius 1 is 1.53 bits per heavy atom. The third-order valence-corrected chi connectivity index (χ3v) is 3.79. The third-order valence-electron chi connectivity index (χ3n) is 2.49. The molecule has 0 radical (unpaired) electrons. The molecule has 1 rings (SSSR count). The second-order valence-corrected chi connectivity index (χ2v) is 6.35. The zero-order chi connectivity index (χ0) is 13.1. The number of carbonyl (C=O) groups excluding carboxylic acids is 1. The summed E-state index contributed by atoms with van der Waals surface area (Å²) in [5, 5.41) is 19.9. The van der Waals surface area contributed by atoms with E-state index in [0.717, 1.165) is 5.75 Å². The van der Waals surface area contributed by atoms with Crippen LogP contribution in [0, 0.1) is 0 Å². The van der Waals surface area contributed by atoms with Crippen LogP contribution in [0.3, 0.4) is 0 Å². The van der Waals surface area contributed by atoms with Gasteiger partial charge in [0.2, 0.25) is 0 Å². The van der Waals surface area contributed by atoms with Gasteiger partial charge < -0.3 is 20.4 Å². The number of carboxylic acid groups (broad SMARTS) is 1. The van der Waals surface area contributed by atoms with E-state index < -0.39 is 24.6 Å². The molecular weight excluding hydrogens is 244 g/mol. The lowest BCUT2D eigenvalue weighted by molar-refractivity contribution is -0.140. The van der Waals surface area contributed by atoms with Crippen molar-refractivity contribution >= 4 is 23.8 Å². The summed E-state index contributed by atoms with van der Waals surface area (Å²) in [6, 6.07) is -1.67. The first-order valence-corrected chi connectivity index (χ1v) is 6.37. The molecule has 0 aromatic rings. The van der Waals surface area contributed by atoms with E-state index in [0.29, 0.717) is 13.1 Å². The first-order chi connectivity index (χ1) is 7.85. The predicted molar refractivity (Wildman–Crippen MR) is 65.2 cm³/mol. The van der Waals surface area contributed by atoms with Gasteiger partial charge in [-0.25, -0.2) is 9.59 Å². The number of nitrogens with zero attached hydrogens (tertiary/aromatic N) is 1. The number of nitrogens with one attached hydrogen (secondary N) is 1. The van der Waals surface area contributed by atoms with Gasteiger partial charge in [-0.05, 0) is 13.8 Å². The monoisotopic (exact) mass is 262 g/mol. The Morgan fingerprint density at radius 2 is 2.18 bits per heavy atom. The molecule has 1 aliphatic rings. The van der Waals surface area contributed by atoms with E-state index in [1.165, 1.54) is 0 Å². The van der Waals surface area contributed by atoms with Crippen molar-refractivity contribution in [2.24, 2.45) is 0 Å². The number of aliphatic carboxylic acids is 1. The van der Waals surface area contributed by atoms with Crippen LogP contribution in [-0.4, -0.2) is 63.4 Å². The Bertz CT molecular complexity index is 309. The molecule has 98 valence electrons. The lowest BCUT2D eigenvalue weighted by atomic mass is 10.2. The normalized spacial score (nSPS) is 20.8. The summed E-state index contributed by atoms with van der Waals surface area (Å²) in [6.45, 7) is 4.64. The van der Waals surface area contributed by atoms with Crippen LogP contribution in [0.1, 0.15) is 13.8 Å². The Labute approximate surface area is 104 Å². The van der Waals surface area contributed by atoms with E-state index in [2.05, 4.69) is 5.32 Å². The minimum absolute atomic E-state index is 0.0203. The maximum atomic E-state index is 11.8. The van der Waals surface area contributed by atoms with Crippen molar-refractivity contribution in [3.8, 4) is 0 Å². The van der Waals surface area contributed by atoms with E-state index in [1.807, 2.05) is 13.8 Å². The van der Waals surface area contributed by atoms with Gasteiger partial charge in [-0.3, -0.25) is 0 Å². The maximum absolute atomic E-state index is 11.8. The highest BCUT2D eigenvalue weighted by atomic mass is 32.2. The molecule has 0 saturated carbocycles. The number of carboxylic acids is 1. The van der Waals surface area contributed by atoms with Crippen molar-refractivity contribution in [3.05, 3.63) is 0 Å². The minimum atomic E-state index is -1.24. The SMILES string of the molecule is CC1(C)CN(C(=O)N[C@@H](CO)C(=O)O)CCS1. The van der Waals surface area contributed by atoms with Gasteiger partial charge in [0.1, 0.15) is 0 Å². The van der Waals surface area contributed by atoms with Crippen molar-refractivity contribution in [3.63, 3.8) is 0 Å². The molecule has 2 amide bonds. The standard InChI is InChI=1S/C10H18N2O4S/c1-10(2)6-12(3-4-17-10)9(16)11-7(5-13)8(14)15/h7,13H,3-6H2,1-2H3,(H,11,16)(H,14,15)/t7-/m0/s1. The number of hydrogen-bond acceptors (Lipinski definition) is 4. The van der Waals surface area contributed by atoms with E-state index in [1.54, 1.807) is 16.7 Å². The van der Waals surface area contributed by atoms with Crippen LogP contribution < -0.4 is 5.32 Å². The van der Waals surface area contributed by atoms with Crippen LogP contribution in [0.4, 0.5) is 4.79 Å². The molecule has 0 aromatic carbocycles. The van der Waals surface area contributed by atoms with Crippen LogP contribution in [0.25, 0.3) is 0 Å². The molecule has 0 bridgehead atoms. The summed E-state index contributed by atoms with van der Waals surface area (Å²) in [4.78, 5) is 24.1. The summed E-state index contributed by atoms with van der Waals surface area (Å²) in [5.41, 5.74) is 0. The minimum Gasteiger partial charge on any atom is -0.480 e. The quantitative estimate of drug-likeness (QED) is 0.664. The highest BCUT2D eigenvalue weighted by molar-refractivity contribution is 8.00. The molecule has 17 heavy (non-hydrogen) atoms. The molecule has 0 aliphatic carbocycles. The van der Waals surface area contributed by atoms with Gasteiger partial charge in [-0.1, -0.05) is 0 Å². The first-order valence-electron chi connectivity index (χ1n) is 5.39. The Morgan fingerprint density at radius 3 is 2.65 bits per heavy atom. The van der Waals surface area contributed by atoms with Crippen LogP contribution in [0.15, 0.2) is 0 Å². The zero-order valence-electron chi connectivity index (χ0n) is 9.97. The molecule has 1 saturated heterocycles. The predicted octanol–water partition coefficient (Wildman–Crippen LogP) is -0.0311. The third kappa shape index (κ3) is 4.08. The van der Waals surface area contributed by atoms with Crippen LogP contribution in [0.5, 0.6) is 0 Å². The molecule has 0 unspecified atom stereocenters. The summed E-state index contributed by atoms with van der Waals surface area (Å²) in [6.07, 6.45) is 0. The number of carbonyl (C=O) groups is 2. The highest BCUT2D eigenvalue weighted by Gasteiger charge is 2.31. The molecular formula is C10H18N2O4S. The van der Waals surface area contributed by atoms with Crippen molar-refractivity contribution in [1.29, 1.82) is 0 Å². The number of amides is 2. The van der Waals surface area contributed by atoms with Crippen LogP contribution in [-0.2, 0) is 4.79 Å². The molecule has 1 atom stereocenters. The van der Waals surface area contributed by atoms with Gasteiger partial charge in [0.25, 0.3) is 0 Å². The lowest BCUT2D eigenvalue weighted by Gasteiger charge is -2.37. The number of aliphatic hydroxyl groups is 1. The van der Waals surface area contributed by atoms with Crippen LogP contribution in [0.2, 0.25) is 0 Å². The number of rotatable bonds is 3. The smallest absolute Gasteiger partial charge is 0.328 e.